The van der Waals surface area contributed by atoms with Crippen LogP contribution in [0.15, 0.2) is 12.2 Å². The largest absolute Gasteiger partial charge is 0.393 e. The van der Waals surface area contributed by atoms with Gasteiger partial charge < -0.3 is 14.9 Å². The average Bonchev–Trinajstić information content (AvgIpc) is 2.99. The summed E-state index contributed by atoms with van der Waals surface area (Å²) in [5.41, 5.74) is 0.154. The number of hydrogen-bond donors (Lipinski definition) is 2. The van der Waals surface area contributed by atoms with Crippen molar-refractivity contribution in [1.29, 1.82) is 0 Å². The van der Waals surface area contributed by atoms with Gasteiger partial charge in [0.05, 0.1) is 24.4 Å². The second-order valence-electron chi connectivity index (χ2n) is 15.5. The van der Waals surface area contributed by atoms with Gasteiger partial charge in [-0.25, -0.2) is 0 Å². The van der Waals surface area contributed by atoms with E-state index in [2.05, 4.69) is 60.6 Å². The van der Waals surface area contributed by atoms with Crippen LogP contribution in [0.1, 0.15) is 99.8 Å². The third-order valence-electron chi connectivity index (χ3n) is 13.6. The third-order valence-corrected chi connectivity index (χ3v) is 13.6. The van der Waals surface area contributed by atoms with Crippen molar-refractivity contribution in [3.8, 4) is 0 Å². The van der Waals surface area contributed by atoms with Crippen LogP contribution in [0.5, 0.6) is 0 Å². The molecule has 1 saturated heterocycles. The van der Waals surface area contributed by atoms with Gasteiger partial charge in [-0.3, -0.25) is 0 Å². The van der Waals surface area contributed by atoms with Gasteiger partial charge in [-0.05, 0) is 84.9 Å². The Balaban J connectivity index is 1.50. The Labute approximate surface area is 201 Å². The number of rotatable bonds is 0. The van der Waals surface area contributed by atoms with Gasteiger partial charge in [-0.15, -0.1) is 0 Å². The van der Waals surface area contributed by atoms with E-state index >= 15 is 0 Å². The molecule has 1 aliphatic heterocycles. The molecule has 0 aromatic rings. The first-order valence-corrected chi connectivity index (χ1v) is 13.9. The first kappa shape index (κ1) is 23.0. The van der Waals surface area contributed by atoms with Crippen LogP contribution < -0.4 is 0 Å². The van der Waals surface area contributed by atoms with Gasteiger partial charge in [0.1, 0.15) is 0 Å². The minimum atomic E-state index is -0.265. The van der Waals surface area contributed by atoms with Crippen molar-refractivity contribution in [2.45, 2.75) is 118 Å². The molecule has 3 nitrogen and oxygen atoms in total. The van der Waals surface area contributed by atoms with Crippen LogP contribution >= 0.6 is 0 Å². The highest BCUT2D eigenvalue weighted by molar-refractivity contribution is 5.35. The average molecular weight is 457 g/mol. The molecule has 3 heteroatoms. The molecule has 0 aromatic heterocycles. The molecule has 0 aromatic carbocycles. The van der Waals surface area contributed by atoms with Crippen molar-refractivity contribution in [2.75, 3.05) is 6.61 Å². The lowest BCUT2D eigenvalue weighted by Gasteiger charge is -2.73. The van der Waals surface area contributed by atoms with Crippen molar-refractivity contribution in [2.24, 2.45) is 50.2 Å². The van der Waals surface area contributed by atoms with E-state index in [9.17, 15) is 10.2 Å². The highest BCUT2D eigenvalue weighted by atomic mass is 16.5. The van der Waals surface area contributed by atoms with Gasteiger partial charge in [0.25, 0.3) is 0 Å². The zero-order valence-electron chi connectivity index (χ0n) is 22.2. The molecule has 1 heterocycles. The van der Waals surface area contributed by atoms with Crippen LogP contribution in [0.2, 0.25) is 0 Å². The minimum Gasteiger partial charge on any atom is -0.393 e. The summed E-state index contributed by atoms with van der Waals surface area (Å²) in [7, 11) is 0. The summed E-state index contributed by atoms with van der Waals surface area (Å²) in [6.45, 7) is 17.8. The van der Waals surface area contributed by atoms with Crippen LogP contribution in [0, 0.1) is 50.2 Å². The highest BCUT2D eigenvalue weighted by Crippen LogP contribution is 2.79. The Morgan fingerprint density at radius 3 is 2.24 bits per heavy atom. The smallest absolute Gasteiger partial charge is 0.0957 e. The molecule has 0 amide bonds. The van der Waals surface area contributed by atoms with E-state index in [4.69, 9.17) is 4.74 Å². The zero-order chi connectivity index (χ0) is 23.9. The summed E-state index contributed by atoms with van der Waals surface area (Å²) < 4.78 is 7.03. The van der Waals surface area contributed by atoms with Gasteiger partial charge in [-0.2, -0.15) is 0 Å². The summed E-state index contributed by atoms with van der Waals surface area (Å²) in [6.07, 6.45) is 13.3. The van der Waals surface area contributed by atoms with Gasteiger partial charge in [0.15, 0.2) is 0 Å². The predicted molar refractivity (Wildman–Crippen MR) is 132 cm³/mol. The van der Waals surface area contributed by atoms with Crippen LogP contribution in [0.3, 0.4) is 0 Å². The summed E-state index contributed by atoms with van der Waals surface area (Å²) in [6, 6.07) is 0. The van der Waals surface area contributed by atoms with E-state index in [1.165, 1.54) is 12.8 Å². The second kappa shape index (κ2) is 6.30. The molecule has 0 radical (unpaired) electrons. The SMILES string of the molecule is CC1(C)CC[C@]23COC4(C=CC5[C@@]6(C)CC[C@H](O)C(C)(C)C6CC[C@@]5(C)C4(C)C[C@@H]2O)[C@@H]3C1. The normalized spacial score (nSPS) is 60.3. The summed E-state index contributed by atoms with van der Waals surface area (Å²) >= 11 is 0. The van der Waals surface area contributed by atoms with Gasteiger partial charge >= 0.3 is 0 Å². The summed E-state index contributed by atoms with van der Waals surface area (Å²) in [5.74, 6) is 1.40. The maximum Gasteiger partial charge on any atom is 0.0957 e. The monoisotopic (exact) mass is 456 g/mol. The molecule has 2 bridgehead atoms. The molecule has 4 saturated carbocycles. The molecule has 5 fully saturated rings. The molecule has 186 valence electrons. The van der Waals surface area contributed by atoms with E-state index in [0.29, 0.717) is 23.2 Å². The van der Waals surface area contributed by atoms with E-state index in [1.807, 2.05) is 0 Å². The number of allylic oxidation sites excluding steroid dienone is 1. The number of ether oxygens (including phenoxy) is 1. The molecule has 33 heavy (non-hydrogen) atoms. The number of aliphatic hydroxyl groups is 2. The molecular formula is C30H48O3. The van der Waals surface area contributed by atoms with Crippen molar-refractivity contribution >= 4 is 0 Å². The Morgan fingerprint density at radius 1 is 0.788 bits per heavy atom. The van der Waals surface area contributed by atoms with Gasteiger partial charge in [0, 0.05) is 16.7 Å². The third kappa shape index (κ3) is 2.40. The van der Waals surface area contributed by atoms with Crippen LogP contribution in [0.25, 0.3) is 0 Å². The predicted octanol–water partition coefficient (Wildman–Crippen LogP) is 6.13. The highest BCUT2D eigenvalue weighted by Gasteiger charge is 2.78. The Morgan fingerprint density at radius 2 is 1.52 bits per heavy atom. The zero-order valence-corrected chi connectivity index (χ0v) is 22.2. The molecule has 5 aliphatic carbocycles. The van der Waals surface area contributed by atoms with E-state index in [0.717, 1.165) is 45.1 Å². The summed E-state index contributed by atoms with van der Waals surface area (Å²) in [4.78, 5) is 0. The lowest BCUT2D eigenvalue weighted by atomic mass is 9.32. The molecule has 1 spiro atoms. The van der Waals surface area contributed by atoms with Crippen molar-refractivity contribution in [1.82, 2.24) is 0 Å². The van der Waals surface area contributed by atoms with Crippen molar-refractivity contribution in [3.05, 3.63) is 12.2 Å². The van der Waals surface area contributed by atoms with Crippen LogP contribution in [-0.2, 0) is 4.74 Å². The van der Waals surface area contributed by atoms with Crippen molar-refractivity contribution in [3.63, 3.8) is 0 Å². The fraction of sp³-hybridized carbons (Fsp3) is 0.933. The first-order chi connectivity index (χ1) is 15.2. The van der Waals surface area contributed by atoms with Crippen molar-refractivity contribution < 1.29 is 14.9 Å². The fourth-order valence-corrected chi connectivity index (χ4v) is 11.3. The summed E-state index contributed by atoms with van der Waals surface area (Å²) in [5, 5.41) is 22.7. The Bertz CT molecular complexity index is 891. The standard InChI is InChI=1S/C30H48O3/c1-24(2)14-15-29-18-33-30(21(29)16-24)13-9-20-26(5)11-10-22(31)25(3,4)19(26)8-12-27(20,6)28(30,7)17-23(29)32/h9,13,19-23,31-32H,8,10-12,14-18H2,1-7H3/t19?,20?,21-,22+,23+,26+,27-,28?,29-,30?/m1/s1. The quantitative estimate of drug-likeness (QED) is 0.431. The first-order valence-electron chi connectivity index (χ1n) is 13.9. The maximum atomic E-state index is 11.8. The minimum absolute atomic E-state index is 0.0449. The lowest BCUT2D eigenvalue weighted by molar-refractivity contribution is -0.256. The Kier molecular flexibility index (Phi) is 4.40. The topological polar surface area (TPSA) is 49.7 Å². The molecule has 2 N–H and O–H groups in total. The fourth-order valence-electron chi connectivity index (χ4n) is 11.3. The molecular weight excluding hydrogens is 408 g/mol. The molecule has 4 unspecified atom stereocenters. The molecule has 10 atom stereocenters. The molecule has 6 rings (SSSR count). The second-order valence-corrected chi connectivity index (χ2v) is 15.5. The lowest BCUT2D eigenvalue weighted by Crippen LogP contribution is -2.72. The number of hydrogen-bond acceptors (Lipinski definition) is 3. The van der Waals surface area contributed by atoms with Crippen LogP contribution in [-0.4, -0.2) is 34.6 Å². The van der Waals surface area contributed by atoms with Gasteiger partial charge in [0.2, 0.25) is 0 Å². The van der Waals surface area contributed by atoms with E-state index in [1.54, 1.807) is 0 Å². The number of aliphatic hydroxyl groups excluding tert-OH is 2. The molecule has 6 aliphatic rings. The van der Waals surface area contributed by atoms with E-state index in [-0.39, 0.29) is 44.9 Å². The van der Waals surface area contributed by atoms with Gasteiger partial charge in [-0.1, -0.05) is 60.6 Å². The maximum absolute atomic E-state index is 11.8. The number of fused-ring (bicyclic) bond motifs is 4. The van der Waals surface area contributed by atoms with E-state index < -0.39 is 0 Å². The van der Waals surface area contributed by atoms with Crippen LogP contribution in [0.4, 0.5) is 0 Å². The Hall–Kier alpha value is -0.380.